The van der Waals surface area contributed by atoms with E-state index in [9.17, 15) is 0 Å². The van der Waals surface area contributed by atoms with Crippen molar-refractivity contribution in [2.24, 2.45) is 0 Å². The Balaban J connectivity index is 1.23. The van der Waals surface area contributed by atoms with E-state index in [0.717, 1.165) is 49.4 Å². The van der Waals surface area contributed by atoms with Crippen molar-refractivity contribution < 1.29 is 4.74 Å². The number of hydrogen-bond acceptors (Lipinski definition) is 5. The van der Waals surface area contributed by atoms with Crippen molar-refractivity contribution in [1.29, 1.82) is 0 Å². The molecular formula is C28H38N4O. The third-order valence-electron chi connectivity index (χ3n) is 7.73. The number of nitrogens with zero attached hydrogens (tertiary/aromatic N) is 4. The van der Waals surface area contributed by atoms with Gasteiger partial charge in [-0.3, -0.25) is 4.90 Å². The molecule has 0 N–H and O–H groups in total. The zero-order valence-corrected chi connectivity index (χ0v) is 20.5. The van der Waals surface area contributed by atoms with Crippen molar-refractivity contribution >= 4 is 17.5 Å². The maximum absolute atomic E-state index is 5.40. The molecule has 0 radical (unpaired) electrons. The average molecular weight is 447 g/mol. The minimum absolute atomic E-state index is 0.675. The first kappa shape index (κ1) is 22.4. The predicted octanol–water partition coefficient (Wildman–Crippen LogP) is 4.57. The molecule has 0 amide bonds. The minimum Gasteiger partial charge on any atom is -0.497 e. The lowest BCUT2D eigenvalue weighted by Crippen LogP contribution is -2.47. The maximum atomic E-state index is 5.40. The van der Waals surface area contributed by atoms with Crippen LogP contribution in [0.5, 0.6) is 5.75 Å². The molecule has 0 unspecified atom stereocenters. The van der Waals surface area contributed by atoms with E-state index in [-0.39, 0.29) is 0 Å². The monoisotopic (exact) mass is 446 g/mol. The van der Waals surface area contributed by atoms with Gasteiger partial charge in [0.05, 0.1) is 12.8 Å². The zero-order chi connectivity index (χ0) is 22.8. The van der Waals surface area contributed by atoms with Crippen LogP contribution in [-0.2, 0) is 6.42 Å². The molecule has 176 valence electrons. The molecule has 5 heteroatoms. The van der Waals surface area contributed by atoms with Gasteiger partial charge in [0.1, 0.15) is 11.6 Å². The smallest absolute Gasteiger partial charge is 0.129 e. The fraction of sp³-hybridized carbons (Fsp3) is 0.536. The normalized spacial score (nSPS) is 20.6. The van der Waals surface area contributed by atoms with Gasteiger partial charge in [0.15, 0.2) is 0 Å². The Morgan fingerprint density at radius 2 is 1.82 bits per heavy atom. The van der Waals surface area contributed by atoms with Gasteiger partial charge < -0.3 is 14.5 Å². The summed E-state index contributed by atoms with van der Waals surface area (Å²) >= 11 is 0. The van der Waals surface area contributed by atoms with E-state index in [0.29, 0.717) is 6.04 Å². The van der Waals surface area contributed by atoms with Crippen LogP contribution in [0.1, 0.15) is 49.9 Å². The van der Waals surface area contributed by atoms with E-state index in [1.807, 2.05) is 0 Å². The lowest BCUT2D eigenvalue weighted by molar-refractivity contribution is 0.0965. The number of likely N-dealkylation sites (tertiary alicyclic amines) is 1. The van der Waals surface area contributed by atoms with Gasteiger partial charge in [0.25, 0.3) is 0 Å². The highest BCUT2D eigenvalue weighted by Gasteiger charge is 2.27. The summed E-state index contributed by atoms with van der Waals surface area (Å²) in [7, 11) is 1.73. The first-order valence-electron chi connectivity index (χ1n) is 12.7. The molecule has 1 aromatic heterocycles. The van der Waals surface area contributed by atoms with Crippen LogP contribution in [0.25, 0.3) is 11.6 Å². The summed E-state index contributed by atoms with van der Waals surface area (Å²) < 4.78 is 5.40. The van der Waals surface area contributed by atoms with Crippen LogP contribution >= 0.6 is 0 Å². The number of allylic oxidation sites excluding steroid dienone is 1. The average Bonchev–Trinajstić information content (AvgIpc) is 3.12. The third kappa shape index (κ3) is 4.95. The quantitative estimate of drug-likeness (QED) is 0.672. The maximum Gasteiger partial charge on any atom is 0.129 e. The molecule has 0 atom stereocenters. The molecule has 0 spiro atoms. The van der Waals surface area contributed by atoms with Crippen molar-refractivity contribution in [3.8, 4) is 5.75 Å². The number of fused-ring (bicyclic) bond motifs is 1. The van der Waals surface area contributed by atoms with Crippen LogP contribution in [0.4, 0.5) is 5.82 Å². The number of hydrogen-bond donors (Lipinski definition) is 0. The lowest BCUT2D eigenvalue weighted by Gasteiger charge is -2.39. The topological polar surface area (TPSA) is 31.8 Å². The van der Waals surface area contributed by atoms with Crippen LogP contribution in [0.15, 0.2) is 36.4 Å². The Bertz CT molecular complexity index is 993. The van der Waals surface area contributed by atoms with Crippen LogP contribution in [0.3, 0.4) is 0 Å². The Labute approximate surface area is 199 Å². The van der Waals surface area contributed by atoms with E-state index in [1.54, 1.807) is 7.11 Å². The molecule has 5 rings (SSSR count). The molecular weight excluding hydrogens is 408 g/mol. The molecule has 33 heavy (non-hydrogen) atoms. The van der Waals surface area contributed by atoms with Gasteiger partial charge in [-0.25, -0.2) is 4.98 Å². The Kier molecular flexibility index (Phi) is 6.70. The zero-order valence-electron chi connectivity index (χ0n) is 20.5. The molecule has 5 nitrogen and oxygen atoms in total. The highest BCUT2D eigenvalue weighted by Crippen LogP contribution is 2.33. The number of rotatable bonds is 5. The number of benzene rings is 1. The Morgan fingerprint density at radius 3 is 2.61 bits per heavy atom. The number of methoxy groups -OCH3 is 1. The van der Waals surface area contributed by atoms with Gasteiger partial charge in [0.2, 0.25) is 0 Å². The molecule has 1 aliphatic carbocycles. The van der Waals surface area contributed by atoms with Crippen molar-refractivity contribution in [3.05, 3.63) is 53.2 Å². The summed E-state index contributed by atoms with van der Waals surface area (Å²) in [5, 5.41) is 0. The van der Waals surface area contributed by atoms with Crippen LogP contribution in [0, 0.1) is 0 Å². The second kappa shape index (κ2) is 9.86. The largest absolute Gasteiger partial charge is 0.497 e. The number of pyridine rings is 1. The summed E-state index contributed by atoms with van der Waals surface area (Å²) in [6, 6.07) is 14.3. The fourth-order valence-corrected chi connectivity index (χ4v) is 5.68. The van der Waals surface area contributed by atoms with Crippen LogP contribution in [-0.4, -0.2) is 73.2 Å². The molecule has 2 fully saturated rings. The fourth-order valence-electron chi connectivity index (χ4n) is 5.68. The SMILES string of the molecule is COc1ccc2c(c1)C=C(c1cccc(N3CCCN(C4CCN(C(C)C)CC4)CC3)n1)C2. The summed E-state index contributed by atoms with van der Waals surface area (Å²) in [4.78, 5) is 13.0. The van der Waals surface area contributed by atoms with Crippen molar-refractivity contribution in [3.63, 3.8) is 0 Å². The van der Waals surface area contributed by atoms with E-state index in [1.165, 1.54) is 55.6 Å². The van der Waals surface area contributed by atoms with Crippen LogP contribution < -0.4 is 9.64 Å². The summed E-state index contributed by atoms with van der Waals surface area (Å²) in [6.07, 6.45) is 7.05. The standard InChI is InChI=1S/C28H38N4O/c1-21(2)30-14-10-25(11-15-30)31-12-5-13-32(17-16-31)28-7-4-6-27(29-28)24-18-22-8-9-26(33-3)20-23(22)19-24/h4,6-9,19-21,25H,5,10-18H2,1-3H3. The van der Waals surface area contributed by atoms with Crippen molar-refractivity contribution in [1.82, 2.24) is 14.8 Å². The summed E-state index contributed by atoms with van der Waals surface area (Å²) in [5.74, 6) is 2.04. The highest BCUT2D eigenvalue weighted by atomic mass is 16.5. The first-order valence-corrected chi connectivity index (χ1v) is 12.7. The van der Waals surface area contributed by atoms with Gasteiger partial charge in [-0.05, 0) is 93.2 Å². The second-order valence-corrected chi connectivity index (χ2v) is 10.0. The molecule has 0 saturated carbocycles. The van der Waals surface area contributed by atoms with E-state index < -0.39 is 0 Å². The predicted molar refractivity (Wildman–Crippen MR) is 137 cm³/mol. The molecule has 1 aromatic carbocycles. The number of aromatic nitrogens is 1. The minimum atomic E-state index is 0.675. The van der Waals surface area contributed by atoms with Crippen molar-refractivity contribution in [2.45, 2.75) is 51.6 Å². The molecule has 3 aliphatic rings. The number of anilines is 1. The van der Waals surface area contributed by atoms with Gasteiger partial charge >= 0.3 is 0 Å². The molecule has 2 aliphatic heterocycles. The van der Waals surface area contributed by atoms with Crippen molar-refractivity contribution in [2.75, 3.05) is 51.3 Å². The van der Waals surface area contributed by atoms with Gasteiger partial charge in [-0.15, -0.1) is 0 Å². The van der Waals surface area contributed by atoms with E-state index >= 15 is 0 Å². The van der Waals surface area contributed by atoms with Crippen LogP contribution in [0.2, 0.25) is 0 Å². The third-order valence-corrected chi connectivity index (χ3v) is 7.73. The highest BCUT2D eigenvalue weighted by molar-refractivity contribution is 5.88. The lowest BCUT2D eigenvalue weighted by atomic mass is 10.0. The van der Waals surface area contributed by atoms with Gasteiger partial charge in [-0.2, -0.15) is 0 Å². The molecule has 2 aromatic rings. The summed E-state index contributed by atoms with van der Waals surface area (Å²) in [5.41, 5.74) is 5.01. The Hall–Kier alpha value is -2.37. The Morgan fingerprint density at radius 1 is 0.970 bits per heavy atom. The second-order valence-electron chi connectivity index (χ2n) is 10.0. The van der Waals surface area contributed by atoms with E-state index in [2.05, 4.69) is 71.0 Å². The molecule has 3 heterocycles. The van der Waals surface area contributed by atoms with E-state index in [4.69, 9.17) is 9.72 Å². The number of ether oxygens (including phenoxy) is 1. The van der Waals surface area contributed by atoms with Gasteiger partial charge in [-0.1, -0.05) is 12.1 Å². The molecule has 2 saturated heterocycles. The number of piperidine rings is 1. The molecule has 0 bridgehead atoms. The van der Waals surface area contributed by atoms with Gasteiger partial charge in [0, 0.05) is 44.7 Å². The summed E-state index contributed by atoms with van der Waals surface area (Å²) in [6.45, 7) is 11.7. The first-order chi connectivity index (χ1) is 16.1.